The Morgan fingerprint density at radius 2 is 2.12 bits per heavy atom. The summed E-state index contributed by atoms with van der Waals surface area (Å²) in [5.74, 6) is 0.387. The second kappa shape index (κ2) is 7.09. The highest BCUT2D eigenvalue weighted by Gasteiger charge is 2.33. The van der Waals surface area contributed by atoms with Crippen LogP contribution in [0.4, 0.5) is 9.18 Å². The number of halogens is 1. The number of benzene rings is 1. The van der Waals surface area contributed by atoms with E-state index in [-0.39, 0.29) is 18.0 Å². The van der Waals surface area contributed by atoms with Gasteiger partial charge in [-0.2, -0.15) is 0 Å². The average Bonchev–Trinajstić information content (AvgIpc) is 3.03. The lowest BCUT2D eigenvalue weighted by Crippen LogP contribution is -2.42. The first-order valence-corrected chi connectivity index (χ1v) is 9.05. The molecule has 1 aliphatic rings. The number of piperidine rings is 1. The van der Waals surface area contributed by atoms with Gasteiger partial charge in [-0.3, -0.25) is 4.90 Å². The van der Waals surface area contributed by atoms with Gasteiger partial charge in [0.05, 0.1) is 17.9 Å². The van der Waals surface area contributed by atoms with Crippen LogP contribution in [-0.4, -0.2) is 33.1 Å². The van der Waals surface area contributed by atoms with Gasteiger partial charge in [0.25, 0.3) is 0 Å². The molecule has 140 valence electrons. The van der Waals surface area contributed by atoms with Crippen LogP contribution in [-0.2, 0) is 4.74 Å². The summed E-state index contributed by atoms with van der Waals surface area (Å²) in [6.07, 6.45) is 4.06. The third-order valence-corrected chi connectivity index (χ3v) is 4.46. The molecule has 1 saturated heterocycles. The van der Waals surface area contributed by atoms with Gasteiger partial charge in [0.1, 0.15) is 17.2 Å². The van der Waals surface area contributed by atoms with Crippen molar-refractivity contribution in [1.29, 1.82) is 0 Å². The summed E-state index contributed by atoms with van der Waals surface area (Å²) in [4.78, 5) is 21.9. The van der Waals surface area contributed by atoms with Gasteiger partial charge in [0, 0.05) is 12.1 Å². The van der Waals surface area contributed by atoms with Crippen LogP contribution in [0.2, 0.25) is 0 Å². The molecule has 0 bridgehead atoms. The molecule has 3 rings (SSSR count). The number of rotatable bonds is 2. The first kappa shape index (κ1) is 18.4. The minimum absolute atomic E-state index is 0.180. The fourth-order valence-electron chi connectivity index (χ4n) is 3.24. The van der Waals surface area contributed by atoms with Crippen LogP contribution < -0.4 is 0 Å². The maximum atomic E-state index is 14.2. The van der Waals surface area contributed by atoms with Gasteiger partial charge in [-0.1, -0.05) is 6.07 Å². The zero-order chi connectivity index (χ0) is 18.9. The quantitative estimate of drug-likeness (QED) is 0.822. The number of amides is 1. The minimum Gasteiger partial charge on any atom is -0.444 e. The predicted octanol–water partition coefficient (Wildman–Crippen LogP) is 4.99. The van der Waals surface area contributed by atoms with Crippen LogP contribution in [0.3, 0.4) is 0 Å². The van der Waals surface area contributed by atoms with Crippen LogP contribution in [0.5, 0.6) is 0 Å². The molecule has 26 heavy (non-hydrogen) atoms. The van der Waals surface area contributed by atoms with Gasteiger partial charge in [0.2, 0.25) is 0 Å². The van der Waals surface area contributed by atoms with Crippen molar-refractivity contribution in [2.24, 2.45) is 0 Å². The smallest absolute Gasteiger partial charge is 0.410 e. The number of likely N-dealkylation sites (tertiary alicyclic amines) is 1. The zero-order valence-electron chi connectivity index (χ0n) is 15.8. The summed E-state index contributed by atoms with van der Waals surface area (Å²) in [6.45, 7) is 8.06. The first-order chi connectivity index (χ1) is 12.2. The predicted molar refractivity (Wildman–Crippen MR) is 98.3 cm³/mol. The maximum Gasteiger partial charge on any atom is 0.410 e. The Kier molecular flexibility index (Phi) is 5.03. The number of imidazole rings is 1. The molecular formula is C20H26FN3O2. The molecule has 0 radical (unpaired) electrons. The van der Waals surface area contributed by atoms with Gasteiger partial charge in [-0.15, -0.1) is 0 Å². The van der Waals surface area contributed by atoms with Crippen LogP contribution in [0.1, 0.15) is 57.5 Å². The highest BCUT2D eigenvalue weighted by molar-refractivity contribution is 5.69. The Morgan fingerprint density at radius 3 is 2.81 bits per heavy atom. The number of aromatic nitrogens is 2. The highest BCUT2D eigenvalue weighted by atomic mass is 19.1. The number of hydrogen-bond acceptors (Lipinski definition) is 3. The van der Waals surface area contributed by atoms with E-state index < -0.39 is 5.60 Å². The van der Waals surface area contributed by atoms with Gasteiger partial charge >= 0.3 is 6.09 Å². The molecule has 6 heteroatoms. The molecule has 2 heterocycles. The van der Waals surface area contributed by atoms with Gasteiger partial charge in [0.15, 0.2) is 0 Å². The number of H-pyrrole nitrogens is 1. The molecular weight excluding hydrogens is 333 g/mol. The topological polar surface area (TPSA) is 58.2 Å². The van der Waals surface area contributed by atoms with Gasteiger partial charge < -0.3 is 9.72 Å². The SMILES string of the molecule is Cc1ccc(-c2cnc(C3CCCCN3C(=O)OC(C)(C)C)[nH]2)c(F)c1. The molecule has 1 aliphatic heterocycles. The molecule has 0 spiro atoms. The Hall–Kier alpha value is -2.37. The van der Waals surface area contributed by atoms with E-state index in [1.807, 2.05) is 33.8 Å². The van der Waals surface area contributed by atoms with E-state index in [0.29, 0.717) is 23.6 Å². The summed E-state index contributed by atoms with van der Waals surface area (Å²) in [5, 5.41) is 0. The largest absolute Gasteiger partial charge is 0.444 e. The van der Waals surface area contributed by atoms with Crippen LogP contribution in [0.25, 0.3) is 11.3 Å². The average molecular weight is 359 g/mol. The Morgan fingerprint density at radius 1 is 1.35 bits per heavy atom. The lowest BCUT2D eigenvalue weighted by molar-refractivity contribution is 0.00854. The molecule has 1 N–H and O–H groups in total. The van der Waals surface area contributed by atoms with Crippen molar-refractivity contribution < 1.29 is 13.9 Å². The summed E-state index contributed by atoms with van der Waals surface area (Å²) < 4.78 is 19.8. The zero-order valence-corrected chi connectivity index (χ0v) is 15.8. The molecule has 1 unspecified atom stereocenters. The van der Waals surface area contributed by atoms with Crippen molar-refractivity contribution in [3.8, 4) is 11.3 Å². The normalized spacial score (nSPS) is 18.0. The summed E-state index contributed by atoms with van der Waals surface area (Å²) >= 11 is 0. The number of ether oxygens (including phenoxy) is 1. The van der Waals surface area contributed by atoms with E-state index in [2.05, 4.69) is 9.97 Å². The summed E-state index contributed by atoms with van der Waals surface area (Å²) in [7, 11) is 0. The monoisotopic (exact) mass is 359 g/mol. The lowest BCUT2D eigenvalue weighted by atomic mass is 10.0. The van der Waals surface area contributed by atoms with E-state index >= 15 is 0 Å². The molecule has 1 aromatic carbocycles. The van der Waals surface area contributed by atoms with Crippen molar-refractivity contribution >= 4 is 6.09 Å². The van der Waals surface area contributed by atoms with Crippen molar-refractivity contribution in [3.05, 3.63) is 41.6 Å². The summed E-state index contributed by atoms with van der Waals surface area (Å²) in [6, 6.07) is 4.94. The summed E-state index contributed by atoms with van der Waals surface area (Å²) in [5.41, 5.74) is 1.42. The molecule has 1 aromatic heterocycles. The van der Waals surface area contributed by atoms with Crippen molar-refractivity contribution in [2.75, 3.05) is 6.54 Å². The maximum absolute atomic E-state index is 14.2. The third-order valence-electron chi connectivity index (χ3n) is 4.46. The second-order valence-electron chi connectivity index (χ2n) is 7.85. The highest BCUT2D eigenvalue weighted by Crippen LogP contribution is 2.32. The number of hydrogen-bond donors (Lipinski definition) is 1. The van der Waals surface area contributed by atoms with E-state index in [9.17, 15) is 9.18 Å². The van der Waals surface area contributed by atoms with Crippen LogP contribution in [0, 0.1) is 12.7 Å². The van der Waals surface area contributed by atoms with Crippen LogP contribution in [0.15, 0.2) is 24.4 Å². The van der Waals surface area contributed by atoms with Gasteiger partial charge in [-0.25, -0.2) is 14.2 Å². The molecule has 1 amide bonds. The van der Waals surface area contributed by atoms with E-state index in [0.717, 1.165) is 24.8 Å². The fraction of sp³-hybridized carbons (Fsp3) is 0.500. The molecule has 0 aliphatic carbocycles. The molecule has 1 fully saturated rings. The molecule has 1 atom stereocenters. The Labute approximate surface area is 153 Å². The lowest BCUT2D eigenvalue weighted by Gasteiger charge is -2.35. The van der Waals surface area contributed by atoms with E-state index in [1.54, 1.807) is 17.2 Å². The number of carbonyl (C=O) groups excluding carboxylic acids is 1. The molecule has 5 nitrogen and oxygen atoms in total. The third kappa shape index (κ3) is 4.06. The van der Waals surface area contributed by atoms with Crippen molar-refractivity contribution in [1.82, 2.24) is 14.9 Å². The standard InChI is InChI=1S/C20H26FN3O2/c1-13-8-9-14(15(21)11-13)16-12-22-18(23-16)17-7-5-6-10-24(17)19(25)26-20(2,3)4/h8-9,11-12,17H,5-7,10H2,1-4H3,(H,22,23). The first-order valence-electron chi connectivity index (χ1n) is 9.05. The molecule has 0 saturated carbocycles. The fourth-order valence-corrected chi connectivity index (χ4v) is 3.24. The molecule has 2 aromatic rings. The Balaban J connectivity index is 1.85. The van der Waals surface area contributed by atoms with Crippen LogP contribution >= 0.6 is 0 Å². The van der Waals surface area contributed by atoms with Gasteiger partial charge in [-0.05, 0) is 64.7 Å². The number of nitrogens with zero attached hydrogens (tertiary/aromatic N) is 2. The number of aromatic amines is 1. The second-order valence-corrected chi connectivity index (χ2v) is 7.85. The van der Waals surface area contributed by atoms with E-state index in [4.69, 9.17) is 4.74 Å². The van der Waals surface area contributed by atoms with E-state index in [1.165, 1.54) is 6.07 Å². The Bertz CT molecular complexity index is 795. The number of aryl methyl sites for hydroxylation is 1. The number of carbonyl (C=O) groups is 1. The van der Waals surface area contributed by atoms with Crippen molar-refractivity contribution in [3.63, 3.8) is 0 Å². The minimum atomic E-state index is -0.543. The van der Waals surface area contributed by atoms with Crippen molar-refractivity contribution in [2.45, 2.75) is 58.6 Å². The number of nitrogens with one attached hydrogen (secondary N) is 1.